The van der Waals surface area contributed by atoms with Crippen LogP contribution in [0.2, 0.25) is 5.02 Å². The number of rotatable bonds is 6. The lowest BCUT2D eigenvalue weighted by Crippen LogP contribution is -2.43. The van der Waals surface area contributed by atoms with Crippen LogP contribution in [-0.4, -0.2) is 62.3 Å². The average Bonchev–Trinajstić information content (AvgIpc) is 2.62. The van der Waals surface area contributed by atoms with Crippen LogP contribution in [0.1, 0.15) is 31.2 Å². The standard InChI is InChI=1S/C19H29ClN2O2/c1-23-19-6-5-16(14-18(19)20)15-22-8-3-2-4-17(22)7-9-21-10-12-24-13-11-21/h5-6,14,17H,2-4,7-13,15H2,1H3. The summed E-state index contributed by atoms with van der Waals surface area (Å²) in [6.45, 7) is 7.31. The van der Waals surface area contributed by atoms with Crippen LogP contribution in [0.5, 0.6) is 5.75 Å². The van der Waals surface area contributed by atoms with Crippen LogP contribution in [0.4, 0.5) is 0 Å². The van der Waals surface area contributed by atoms with Crippen molar-refractivity contribution in [3.05, 3.63) is 28.8 Å². The van der Waals surface area contributed by atoms with E-state index in [0.29, 0.717) is 11.1 Å². The number of ether oxygens (including phenoxy) is 2. The first-order valence-electron chi connectivity index (χ1n) is 9.13. The van der Waals surface area contributed by atoms with Gasteiger partial charge in [0, 0.05) is 25.7 Å². The van der Waals surface area contributed by atoms with Crippen molar-refractivity contribution < 1.29 is 9.47 Å². The zero-order valence-corrected chi connectivity index (χ0v) is 15.4. The number of hydrogen-bond acceptors (Lipinski definition) is 4. The number of nitrogens with zero attached hydrogens (tertiary/aromatic N) is 2. The van der Waals surface area contributed by atoms with Crippen molar-refractivity contribution in [2.24, 2.45) is 0 Å². The van der Waals surface area contributed by atoms with E-state index < -0.39 is 0 Å². The largest absolute Gasteiger partial charge is 0.495 e. The maximum absolute atomic E-state index is 6.28. The predicted octanol–water partition coefficient (Wildman–Crippen LogP) is 3.43. The fourth-order valence-corrected chi connectivity index (χ4v) is 4.07. The van der Waals surface area contributed by atoms with Gasteiger partial charge in [-0.25, -0.2) is 0 Å². The number of benzene rings is 1. The van der Waals surface area contributed by atoms with Crippen molar-refractivity contribution in [1.29, 1.82) is 0 Å². The van der Waals surface area contributed by atoms with Gasteiger partial charge in [0.25, 0.3) is 0 Å². The molecule has 1 aromatic carbocycles. The summed E-state index contributed by atoms with van der Waals surface area (Å²) in [4.78, 5) is 5.18. The summed E-state index contributed by atoms with van der Waals surface area (Å²) in [5, 5.41) is 0.705. The summed E-state index contributed by atoms with van der Waals surface area (Å²) < 4.78 is 10.7. The molecular weight excluding hydrogens is 324 g/mol. The Morgan fingerprint density at radius 2 is 2.04 bits per heavy atom. The van der Waals surface area contributed by atoms with Crippen LogP contribution in [0.3, 0.4) is 0 Å². The van der Waals surface area contributed by atoms with E-state index in [2.05, 4.69) is 15.9 Å². The Morgan fingerprint density at radius 1 is 1.21 bits per heavy atom. The Kier molecular flexibility index (Phi) is 6.78. The van der Waals surface area contributed by atoms with Gasteiger partial charge in [-0.3, -0.25) is 9.80 Å². The monoisotopic (exact) mass is 352 g/mol. The minimum atomic E-state index is 0.683. The summed E-state index contributed by atoms with van der Waals surface area (Å²) >= 11 is 6.28. The number of halogens is 1. The molecule has 2 saturated heterocycles. The van der Waals surface area contributed by atoms with Crippen LogP contribution < -0.4 is 4.74 Å². The maximum Gasteiger partial charge on any atom is 0.137 e. The van der Waals surface area contributed by atoms with Crippen LogP contribution in [0, 0.1) is 0 Å². The molecule has 0 bridgehead atoms. The third kappa shape index (κ3) is 4.85. The Labute approximate surface area is 150 Å². The second-order valence-corrected chi connectivity index (χ2v) is 7.24. The van der Waals surface area contributed by atoms with Crippen molar-refractivity contribution in [1.82, 2.24) is 9.80 Å². The Morgan fingerprint density at radius 3 is 2.79 bits per heavy atom. The molecule has 1 atom stereocenters. The molecule has 1 aromatic rings. The lowest BCUT2D eigenvalue weighted by Gasteiger charge is -2.37. The Hall–Kier alpha value is -0.810. The van der Waals surface area contributed by atoms with E-state index in [1.54, 1.807) is 7.11 Å². The summed E-state index contributed by atoms with van der Waals surface area (Å²) in [5.41, 5.74) is 1.28. The fraction of sp³-hybridized carbons (Fsp3) is 0.684. The third-order valence-electron chi connectivity index (χ3n) is 5.23. The SMILES string of the molecule is COc1ccc(CN2CCCCC2CCN2CCOCC2)cc1Cl. The van der Waals surface area contributed by atoms with E-state index in [1.807, 2.05) is 12.1 Å². The molecule has 2 aliphatic heterocycles. The number of morpholine rings is 1. The van der Waals surface area contributed by atoms with E-state index in [-0.39, 0.29) is 0 Å². The van der Waals surface area contributed by atoms with Gasteiger partial charge in [-0.1, -0.05) is 24.1 Å². The minimum absolute atomic E-state index is 0.683. The van der Waals surface area contributed by atoms with E-state index >= 15 is 0 Å². The van der Waals surface area contributed by atoms with Gasteiger partial charge in [0.1, 0.15) is 5.75 Å². The summed E-state index contributed by atoms with van der Waals surface area (Å²) in [6, 6.07) is 6.85. The van der Waals surface area contributed by atoms with Gasteiger partial charge in [-0.15, -0.1) is 0 Å². The molecule has 1 unspecified atom stereocenters. The van der Waals surface area contributed by atoms with E-state index in [1.165, 1.54) is 44.3 Å². The molecule has 0 amide bonds. The maximum atomic E-state index is 6.28. The molecule has 0 aromatic heterocycles. The Balaban J connectivity index is 1.56. The highest BCUT2D eigenvalue weighted by Gasteiger charge is 2.23. The molecule has 4 nitrogen and oxygen atoms in total. The summed E-state index contributed by atoms with van der Waals surface area (Å²) in [6.07, 6.45) is 5.23. The summed E-state index contributed by atoms with van der Waals surface area (Å²) in [5.74, 6) is 0.753. The van der Waals surface area contributed by atoms with Gasteiger partial charge in [-0.05, 0) is 50.0 Å². The molecule has 2 fully saturated rings. The van der Waals surface area contributed by atoms with Crippen molar-refractivity contribution >= 4 is 11.6 Å². The number of methoxy groups -OCH3 is 1. The molecule has 134 valence electrons. The van der Waals surface area contributed by atoms with Gasteiger partial charge in [0.05, 0.1) is 25.3 Å². The number of piperidine rings is 1. The van der Waals surface area contributed by atoms with E-state index in [4.69, 9.17) is 21.1 Å². The van der Waals surface area contributed by atoms with E-state index in [0.717, 1.165) is 38.6 Å². The van der Waals surface area contributed by atoms with Crippen LogP contribution >= 0.6 is 11.6 Å². The van der Waals surface area contributed by atoms with Crippen molar-refractivity contribution in [3.63, 3.8) is 0 Å². The molecule has 3 rings (SSSR count). The van der Waals surface area contributed by atoms with Gasteiger partial charge in [0.2, 0.25) is 0 Å². The van der Waals surface area contributed by atoms with Crippen LogP contribution in [0.25, 0.3) is 0 Å². The zero-order chi connectivity index (χ0) is 16.8. The quantitative estimate of drug-likeness (QED) is 0.783. The molecule has 24 heavy (non-hydrogen) atoms. The van der Waals surface area contributed by atoms with Crippen molar-refractivity contribution in [2.45, 2.75) is 38.3 Å². The molecule has 0 spiro atoms. The highest BCUT2D eigenvalue weighted by Crippen LogP contribution is 2.27. The molecule has 0 aliphatic carbocycles. The van der Waals surface area contributed by atoms with Gasteiger partial charge in [-0.2, -0.15) is 0 Å². The minimum Gasteiger partial charge on any atom is -0.495 e. The van der Waals surface area contributed by atoms with Crippen LogP contribution in [-0.2, 0) is 11.3 Å². The second kappa shape index (κ2) is 9.04. The highest BCUT2D eigenvalue weighted by atomic mass is 35.5. The van der Waals surface area contributed by atoms with Crippen molar-refractivity contribution in [2.75, 3.05) is 46.5 Å². The topological polar surface area (TPSA) is 24.9 Å². The highest BCUT2D eigenvalue weighted by molar-refractivity contribution is 6.32. The molecule has 5 heteroatoms. The number of hydrogen-bond donors (Lipinski definition) is 0. The van der Waals surface area contributed by atoms with E-state index in [9.17, 15) is 0 Å². The third-order valence-corrected chi connectivity index (χ3v) is 5.53. The van der Waals surface area contributed by atoms with Crippen LogP contribution in [0.15, 0.2) is 18.2 Å². The molecule has 2 heterocycles. The first-order chi connectivity index (χ1) is 11.8. The number of likely N-dealkylation sites (tertiary alicyclic amines) is 1. The predicted molar refractivity (Wildman–Crippen MR) is 97.9 cm³/mol. The van der Waals surface area contributed by atoms with Gasteiger partial charge < -0.3 is 9.47 Å². The first-order valence-corrected chi connectivity index (χ1v) is 9.50. The smallest absolute Gasteiger partial charge is 0.137 e. The van der Waals surface area contributed by atoms with Gasteiger partial charge >= 0.3 is 0 Å². The molecule has 2 aliphatic rings. The van der Waals surface area contributed by atoms with Gasteiger partial charge in [0.15, 0.2) is 0 Å². The lowest BCUT2D eigenvalue weighted by atomic mass is 9.98. The normalized spacial score (nSPS) is 23.3. The summed E-state index contributed by atoms with van der Waals surface area (Å²) in [7, 11) is 1.66. The fourth-order valence-electron chi connectivity index (χ4n) is 3.79. The lowest BCUT2D eigenvalue weighted by molar-refractivity contribution is 0.0302. The first kappa shape index (κ1) is 18.0. The second-order valence-electron chi connectivity index (χ2n) is 6.83. The average molecular weight is 353 g/mol. The molecular formula is C19H29ClN2O2. The zero-order valence-electron chi connectivity index (χ0n) is 14.7. The molecule has 0 N–H and O–H groups in total. The molecule has 0 saturated carbocycles. The van der Waals surface area contributed by atoms with Crippen molar-refractivity contribution in [3.8, 4) is 5.75 Å². The Bertz CT molecular complexity index is 520. The molecule has 0 radical (unpaired) electrons.